The first-order valence-corrected chi connectivity index (χ1v) is 8.34. The van der Waals surface area contributed by atoms with E-state index in [1.165, 1.54) is 6.08 Å². The zero-order valence-electron chi connectivity index (χ0n) is 15.3. The number of hydrogen-bond donors (Lipinski definition) is 2. The zero-order chi connectivity index (χ0) is 19.8. The third-order valence-corrected chi connectivity index (χ3v) is 3.72. The molecule has 2 rings (SSSR count). The summed E-state index contributed by atoms with van der Waals surface area (Å²) >= 11 is 0. The van der Waals surface area contributed by atoms with Crippen molar-refractivity contribution in [1.29, 1.82) is 0 Å². The lowest BCUT2D eigenvalue weighted by atomic mass is 10.2. The molecule has 27 heavy (non-hydrogen) atoms. The Hall–Kier alpha value is -3.61. The molecule has 2 aromatic carbocycles. The molecule has 0 aliphatic rings. The topological polar surface area (TPSA) is 111 Å². The summed E-state index contributed by atoms with van der Waals surface area (Å²) in [5, 5.41) is 0. The molecule has 0 fully saturated rings. The first-order valence-electron chi connectivity index (χ1n) is 8.34. The van der Waals surface area contributed by atoms with E-state index in [1.807, 2.05) is 6.92 Å². The molecule has 0 radical (unpaired) electrons. The highest BCUT2D eigenvalue weighted by molar-refractivity contribution is 5.92. The number of nitrogens with zero attached hydrogens (tertiary/aromatic N) is 2. The predicted molar refractivity (Wildman–Crippen MR) is 106 cm³/mol. The van der Waals surface area contributed by atoms with Crippen LogP contribution in [-0.4, -0.2) is 36.3 Å². The van der Waals surface area contributed by atoms with Crippen LogP contribution >= 0.6 is 0 Å². The fourth-order valence-corrected chi connectivity index (χ4v) is 2.08. The summed E-state index contributed by atoms with van der Waals surface area (Å²) in [5.41, 5.74) is 12.4. The highest BCUT2D eigenvalue weighted by Crippen LogP contribution is 2.17. The highest BCUT2D eigenvalue weighted by atomic mass is 16.5. The number of carbonyl (C=O) groups excluding carboxylic acids is 2. The lowest BCUT2D eigenvalue weighted by Gasteiger charge is -2.10. The molecule has 0 aliphatic heterocycles. The summed E-state index contributed by atoms with van der Waals surface area (Å²) < 4.78 is 5.33. The van der Waals surface area contributed by atoms with E-state index in [0.29, 0.717) is 23.5 Å². The fourth-order valence-electron chi connectivity index (χ4n) is 2.08. The summed E-state index contributed by atoms with van der Waals surface area (Å²) in [5.74, 6) is -0.212. The van der Waals surface area contributed by atoms with Gasteiger partial charge in [-0.1, -0.05) is 12.1 Å². The summed E-state index contributed by atoms with van der Waals surface area (Å²) in [7, 11) is 1.74. The molecular weight excluding hydrogens is 344 g/mol. The van der Waals surface area contributed by atoms with E-state index < -0.39 is 5.97 Å². The highest BCUT2D eigenvalue weighted by Gasteiger charge is 2.08. The van der Waals surface area contributed by atoms with Crippen molar-refractivity contribution < 1.29 is 14.3 Å². The van der Waals surface area contributed by atoms with Gasteiger partial charge in [-0.05, 0) is 55.0 Å². The first kappa shape index (κ1) is 19.7. The van der Waals surface area contributed by atoms with Gasteiger partial charge in [0.15, 0.2) is 5.96 Å². The van der Waals surface area contributed by atoms with Crippen molar-refractivity contribution in [3.8, 4) is 5.75 Å². The molecule has 4 N–H and O–H groups in total. The number of hydrogen-bond acceptors (Lipinski definition) is 4. The van der Waals surface area contributed by atoms with Crippen LogP contribution in [0.25, 0.3) is 6.08 Å². The van der Waals surface area contributed by atoms with Crippen LogP contribution in [0.3, 0.4) is 0 Å². The van der Waals surface area contributed by atoms with Crippen molar-refractivity contribution >= 4 is 29.6 Å². The third kappa shape index (κ3) is 6.00. The van der Waals surface area contributed by atoms with Crippen molar-refractivity contribution in [2.75, 3.05) is 13.6 Å². The van der Waals surface area contributed by atoms with Crippen molar-refractivity contribution in [3.63, 3.8) is 0 Å². The molecule has 140 valence electrons. The van der Waals surface area contributed by atoms with E-state index in [1.54, 1.807) is 66.6 Å². The quantitative estimate of drug-likeness (QED) is 0.268. The third-order valence-electron chi connectivity index (χ3n) is 3.72. The lowest BCUT2D eigenvalue weighted by molar-refractivity contribution is -0.124. The minimum absolute atomic E-state index is 0.0532. The van der Waals surface area contributed by atoms with Crippen molar-refractivity contribution in [2.45, 2.75) is 6.92 Å². The zero-order valence-corrected chi connectivity index (χ0v) is 15.3. The molecule has 0 aromatic heterocycles. The van der Waals surface area contributed by atoms with Crippen LogP contribution in [-0.2, 0) is 4.79 Å². The van der Waals surface area contributed by atoms with Gasteiger partial charge in [0.1, 0.15) is 5.75 Å². The summed E-state index contributed by atoms with van der Waals surface area (Å²) in [6.07, 6.45) is 3.21. The molecule has 0 unspecified atom stereocenters. The number of aliphatic imine (C=N–C) groups is 1. The average molecular weight is 366 g/mol. The largest absolute Gasteiger partial charge is 0.423 e. The molecule has 7 nitrogen and oxygen atoms in total. The number of benzene rings is 2. The van der Waals surface area contributed by atoms with E-state index in [9.17, 15) is 9.59 Å². The van der Waals surface area contributed by atoms with Crippen LogP contribution in [0.2, 0.25) is 0 Å². The van der Waals surface area contributed by atoms with Crippen LogP contribution in [0.15, 0.2) is 59.6 Å². The Morgan fingerprint density at radius 2 is 1.70 bits per heavy atom. The van der Waals surface area contributed by atoms with Gasteiger partial charge in [-0.2, -0.15) is 0 Å². The van der Waals surface area contributed by atoms with Crippen LogP contribution in [0.4, 0.5) is 5.69 Å². The summed E-state index contributed by atoms with van der Waals surface area (Å²) in [6.45, 7) is 2.55. The molecular formula is C20H22N4O3. The standard InChI is InChI=1S/C20H22N4O3/c1-3-24(2)18(25)13-6-14-4-11-17(12-5-14)27-19(26)15-7-9-16(10-8-15)23-20(21)22/h4-13H,3H2,1-2H3,(H4,21,22,23)/b13-6+. The van der Waals surface area contributed by atoms with Crippen LogP contribution in [0, 0.1) is 0 Å². The Bertz CT molecular complexity index is 852. The number of likely N-dealkylation sites (N-methyl/N-ethyl adjacent to an activating group) is 1. The van der Waals surface area contributed by atoms with Crippen LogP contribution in [0.5, 0.6) is 5.75 Å². The number of esters is 1. The van der Waals surface area contributed by atoms with Gasteiger partial charge in [0.25, 0.3) is 0 Å². The summed E-state index contributed by atoms with van der Waals surface area (Å²) in [6, 6.07) is 13.3. The van der Waals surface area contributed by atoms with E-state index in [-0.39, 0.29) is 11.9 Å². The molecule has 7 heteroatoms. The molecule has 0 saturated heterocycles. The molecule has 0 heterocycles. The number of guanidine groups is 1. The molecule has 0 saturated carbocycles. The molecule has 0 spiro atoms. The second-order valence-electron chi connectivity index (χ2n) is 5.73. The Kier molecular flexibility index (Phi) is 6.71. The number of rotatable bonds is 6. The van der Waals surface area contributed by atoms with Crippen LogP contribution in [0.1, 0.15) is 22.8 Å². The Morgan fingerprint density at radius 3 is 2.26 bits per heavy atom. The number of carbonyl (C=O) groups is 2. The average Bonchev–Trinajstić information content (AvgIpc) is 2.66. The number of ether oxygens (including phenoxy) is 1. The molecule has 2 aromatic rings. The van der Waals surface area contributed by atoms with Crippen molar-refractivity contribution in [2.24, 2.45) is 16.5 Å². The van der Waals surface area contributed by atoms with E-state index >= 15 is 0 Å². The van der Waals surface area contributed by atoms with Gasteiger partial charge in [0.05, 0.1) is 11.3 Å². The second-order valence-corrected chi connectivity index (χ2v) is 5.73. The van der Waals surface area contributed by atoms with Gasteiger partial charge in [-0.3, -0.25) is 4.79 Å². The van der Waals surface area contributed by atoms with Gasteiger partial charge in [-0.15, -0.1) is 0 Å². The van der Waals surface area contributed by atoms with Gasteiger partial charge in [0.2, 0.25) is 5.91 Å². The smallest absolute Gasteiger partial charge is 0.343 e. The maximum absolute atomic E-state index is 12.2. The minimum Gasteiger partial charge on any atom is -0.423 e. The Balaban J connectivity index is 1.99. The number of nitrogens with two attached hydrogens (primary N) is 2. The van der Waals surface area contributed by atoms with E-state index in [2.05, 4.69) is 4.99 Å². The monoisotopic (exact) mass is 366 g/mol. The maximum Gasteiger partial charge on any atom is 0.343 e. The fraction of sp³-hybridized carbons (Fsp3) is 0.150. The van der Waals surface area contributed by atoms with Gasteiger partial charge in [0, 0.05) is 19.7 Å². The summed E-state index contributed by atoms with van der Waals surface area (Å²) in [4.78, 5) is 29.4. The molecule has 0 bridgehead atoms. The van der Waals surface area contributed by atoms with Crippen molar-refractivity contribution in [3.05, 3.63) is 65.7 Å². The normalized spacial score (nSPS) is 10.4. The predicted octanol–water partition coefficient (Wildman–Crippen LogP) is 2.30. The minimum atomic E-state index is -0.491. The first-order chi connectivity index (χ1) is 12.9. The van der Waals surface area contributed by atoms with Gasteiger partial charge in [-0.25, -0.2) is 9.79 Å². The number of amides is 1. The SMILES string of the molecule is CCN(C)C(=O)/C=C/c1ccc(OC(=O)c2ccc(N=C(N)N)cc2)cc1. The lowest BCUT2D eigenvalue weighted by Crippen LogP contribution is -2.23. The van der Waals surface area contributed by atoms with E-state index in [4.69, 9.17) is 16.2 Å². The van der Waals surface area contributed by atoms with E-state index in [0.717, 1.165) is 5.56 Å². The Labute approximate surface area is 157 Å². The van der Waals surface area contributed by atoms with Crippen LogP contribution < -0.4 is 16.2 Å². The maximum atomic E-state index is 12.2. The second kappa shape index (κ2) is 9.19. The molecule has 0 aliphatic carbocycles. The molecule has 1 amide bonds. The van der Waals surface area contributed by atoms with Gasteiger partial charge >= 0.3 is 5.97 Å². The van der Waals surface area contributed by atoms with Crippen molar-refractivity contribution in [1.82, 2.24) is 4.90 Å². The van der Waals surface area contributed by atoms with Gasteiger partial charge < -0.3 is 21.1 Å². The molecule has 0 atom stereocenters. The Morgan fingerprint density at radius 1 is 1.07 bits per heavy atom.